The summed E-state index contributed by atoms with van der Waals surface area (Å²) in [7, 11) is 0. The van der Waals surface area contributed by atoms with E-state index in [1.165, 1.54) is 0 Å². The van der Waals surface area contributed by atoms with E-state index in [-0.39, 0.29) is 18.0 Å². The fourth-order valence-corrected chi connectivity index (χ4v) is 4.01. The monoisotopic (exact) mass is 393 g/mol. The van der Waals surface area contributed by atoms with Gasteiger partial charge in [-0.2, -0.15) is 0 Å². The smallest absolute Gasteiger partial charge is 0.319 e. The van der Waals surface area contributed by atoms with Gasteiger partial charge >= 0.3 is 6.03 Å². The first-order valence-electron chi connectivity index (χ1n) is 10.3. The number of amides is 3. The first kappa shape index (κ1) is 19.5. The van der Waals surface area contributed by atoms with E-state index in [0.29, 0.717) is 12.2 Å². The van der Waals surface area contributed by atoms with Gasteiger partial charge in [-0.15, -0.1) is 0 Å². The average Bonchev–Trinajstić information content (AvgIpc) is 3.22. The molecule has 0 aromatic heterocycles. The van der Waals surface area contributed by atoms with Crippen molar-refractivity contribution in [1.82, 2.24) is 5.32 Å². The molecule has 6 heteroatoms. The lowest BCUT2D eigenvalue weighted by molar-refractivity contribution is -0.124. The van der Waals surface area contributed by atoms with Crippen molar-refractivity contribution < 1.29 is 14.3 Å². The Morgan fingerprint density at radius 2 is 1.62 bits per heavy atom. The van der Waals surface area contributed by atoms with Crippen LogP contribution in [0.15, 0.2) is 54.6 Å². The van der Waals surface area contributed by atoms with E-state index >= 15 is 0 Å². The molecule has 4 rings (SSSR count). The van der Waals surface area contributed by atoms with Crippen LogP contribution in [0.5, 0.6) is 0 Å². The van der Waals surface area contributed by atoms with Gasteiger partial charge in [-0.05, 0) is 55.5 Å². The maximum atomic E-state index is 13.0. The third-order valence-electron chi connectivity index (χ3n) is 5.88. The molecule has 2 aromatic rings. The lowest BCUT2D eigenvalue weighted by Crippen LogP contribution is -2.45. The highest BCUT2D eigenvalue weighted by Gasteiger charge is 2.45. The molecule has 2 aromatic carbocycles. The lowest BCUT2D eigenvalue weighted by Gasteiger charge is -2.40. The number of carbonyl (C=O) groups is 2. The second-order valence-electron chi connectivity index (χ2n) is 7.80. The highest BCUT2D eigenvalue weighted by atomic mass is 16.5. The zero-order valence-electron chi connectivity index (χ0n) is 16.4. The summed E-state index contributed by atoms with van der Waals surface area (Å²) in [5.41, 5.74) is 2.04. The molecule has 1 saturated heterocycles. The van der Waals surface area contributed by atoms with Gasteiger partial charge in [-0.1, -0.05) is 36.8 Å². The Labute approximate surface area is 171 Å². The van der Waals surface area contributed by atoms with E-state index in [2.05, 4.69) is 16.0 Å². The van der Waals surface area contributed by atoms with Crippen molar-refractivity contribution in [3.63, 3.8) is 0 Å². The minimum absolute atomic E-state index is 0.0324. The minimum Gasteiger partial charge on any atom is -0.376 e. The van der Waals surface area contributed by atoms with Crippen LogP contribution < -0.4 is 16.0 Å². The van der Waals surface area contributed by atoms with Crippen molar-refractivity contribution in [1.29, 1.82) is 0 Å². The topological polar surface area (TPSA) is 79.5 Å². The maximum absolute atomic E-state index is 13.0. The highest BCUT2D eigenvalue weighted by Crippen LogP contribution is 2.44. The number of ether oxygens (including phenoxy) is 1. The summed E-state index contributed by atoms with van der Waals surface area (Å²) in [4.78, 5) is 25.0. The predicted octanol–water partition coefficient (Wildman–Crippen LogP) is 4.05. The Balaban J connectivity index is 1.32. The molecule has 1 saturated carbocycles. The SMILES string of the molecule is O=C(NCC1CCCO1)Nc1ccc(NC(=O)C2(c3ccccc3)CCC2)cc1. The van der Waals surface area contributed by atoms with Crippen LogP contribution in [0.25, 0.3) is 0 Å². The normalized spacial score (nSPS) is 19.8. The van der Waals surface area contributed by atoms with Crippen molar-refractivity contribution in [3.8, 4) is 0 Å². The zero-order valence-corrected chi connectivity index (χ0v) is 16.4. The van der Waals surface area contributed by atoms with Crippen molar-refractivity contribution in [3.05, 3.63) is 60.2 Å². The molecule has 3 N–H and O–H groups in total. The highest BCUT2D eigenvalue weighted by molar-refractivity contribution is 6.00. The molecule has 2 aliphatic rings. The molecule has 2 fully saturated rings. The molecule has 0 bridgehead atoms. The third kappa shape index (κ3) is 4.43. The zero-order chi connectivity index (χ0) is 20.1. The van der Waals surface area contributed by atoms with Gasteiger partial charge in [0.25, 0.3) is 0 Å². The molecule has 29 heavy (non-hydrogen) atoms. The largest absolute Gasteiger partial charge is 0.376 e. The first-order chi connectivity index (χ1) is 14.2. The van der Waals surface area contributed by atoms with Crippen molar-refractivity contribution in [2.45, 2.75) is 43.6 Å². The van der Waals surface area contributed by atoms with Crippen LogP contribution in [-0.2, 0) is 14.9 Å². The molecule has 0 spiro atoms. The minimum atomic E-state index is -0.430. The van der Waals surface area contributed by atoms with Crippen LogP contribution in [0, 0.1) is 0 Å². The molecule has 0 radical (unpaired) electrons. The third-order valence-corrected chi connectivity index (χ3v) is 5.88. The van der Waals surface area contributed by atoms with Crippen LogP contribution in [0.2, 0.25) is 0 Å². The first-order valence-corrected chi connectivity index (χ1v) is 10.3. The second-order valence-corrected chi connectivity index (χ2v) is 7.80. The van der Waals surface area contributed by atoms with E-state index in [1.54, 1.807) is 12.1 Å². The Morgan fingerprint density at radius 3 is 2.21 bits per heavy atom. The van der Waals surface area contributed by atoms with Crippen LogP contribution in [0.3, 0.4) is 0 Å². The molecule has 152 valence electrons. The molecular weight excluding hydrogens is 366 g/mol. The molecule has 1 atom stereocenters. The molecule has 1 aliphatic heterocycles. The molecule has 1 unspecified atom stereocenters. The van der Waals surface area contributed by atoms with E-state index < -0.39 is 5.41 Å². The number of nitrogens with one attached hydrogen (secondary N) is 3. The van der Waals surface area contributed by atoms with Crippen LogP contribution in [0.4, 0.5) is 16.2 Å². The van der Waals surface area contributed by atoms with Gasteiger partial charge in [0, 0.05) is 24.5 Å². The lowest BCUT2D eigenvalue weighted by atomic mass is 9.64. The van der Waals surface area contributed by atoms with Gasteiger partial charge in [0.1, 0.15) is 0 Å². The standard InChI is InChI=1S/C23H27N3O3/c27-21(23(13-5-14-23)17-6-2-1-3-7-17)25-18-9-11-19(12-10-18)26-22(28)24-16-20-8-4-15-29-20/h1-3,6-7,9-12,20H,4-5,8,13-16H2,(H,25,27)(H2,24,26,28). The summed E-state index contributed by atoms with van der Waals surface area (Å²) in [6.07, 6.45) is 4.94. The summed E-state index contributed by atoms with van der Waals surface area (Å²) in [6.45, 7) is 1.29. The fraction of sp³-hybridized carbons (Fsp3) is 0.391. The number of rotatable bonds is 6. The van der Waals surface area contributed by atoms with Gasteiger partial charge in [-0.3, -0.25) is 4.79 Å². The quantitative estimate of drug-likeness (QED) is 0.693. The maximum Gasteiger partial charge on any atom is 0.319 e. The number of carbonyl (C=O) groups excluding carboxylic acids is 2. The summed E-state index contributed by atoms with van der Waals surface area (Å²) in [6, 6.07) is 16.9. The Kier molecular flexibility index (Phi) is 5.81. The van der Waals surface area contributed by atoms with E-state index in [1.807, 2.05) is 42.5 Å². The van der Waals surface area contributed by atoms with Gasteiger partial charge in [0.2, 0.25) is 5.91 Å². The molecule has 6 nitrogen and oxygen atoms in total. The van der Waals surface area contributed by atoms with Crippen LogP contribution in [0.1, 0.15) is 37.7 Å². The van der Waals surface area contributed by atoms with Gasteiger partial charge in [-0.25, -0.2) is 4.79 Å². The molecule has 3 amide bonds. The number of anilines is 2. The molecular formula is C23H27N3O3. The average molecular weight is 393 g/mol. The van der Waals surface area contributed by atoms with E-state index in [0.717, 1.165) is 50.0 Å². The summed E-state index contributed by atoms with van der Waals surface area (Å²) in [5, 5.41) is 8.68. The van der Waals surface area contributed by atoms with Crippen molar-refractivity contribution in [2.24, 2.45) is 0 Å². The Morgan fingerprint density at radius 1 is 0.931 bits per heavy atom. The summed E-state index contributed by atoms with van der Waals surface area (Å²) in [5.74, 6) is 0.0324. The van der Waals surface area contributed by atoms with Crippen LogP contribution in [-0.4, -0.2) is 31.2 Å². The van der Waals surface area contributed by atoms with Gasteiger partial charge in [0.05, 0.1) is 11.5 Å². The fourth-order valence-electron chi connectivity index (χ4n) is 4.01. The van der Waals surface area contributed by atoms with E-state index in [9.17, 15) is 9.59 Å². The van der Waals surface area contributed by atoms with Crippen molar-refractivity contribution in [2.75, 3.05) is 23.8 Å². The second kappa shape index (κ2) is 8.66. The Hall–Kier alpha value is -2.86. The number of hydrogen-bond acceptors (Lipinski definition) is 3. The van der Waals surface area contributed by atoms with Crippen molar-refractivity contribution >= 4 is 23.3 Å². The summed E-state index contributed by atoms with van der Waals surface area (Å²) < 4.78 is 5.50. The molecule has 1 aliphatic carbocycles. The van der Waals surface area contributed by atoms with Gasteiger partial charge < -0.3 is 20.7 Å². The molecule has 1 heterocycles. The van der Waals surface area contributed by atoms with E-state index in [4.69, 9.17) is 4.74 Å². The summed E-state index contributed by atoms with van der Waals surface area (Å²) >= 11 is 0. The number of benzene rings is 2. The van der Waals surface area contributed by atoms with Crippen LogP contribution >= 0.6 is 0 Å². The Bertz CT molecular complexity index is 841. The number of urea groups is 1. The number of hydrogen-bond donors (Lipinski definition) is 3. The van der Waals surface area contributed by atoms with Gasteiger partial charge in [0.15, 0.2) is 0 Å². The predicted molar refractivity (Wildman–Crippen MR) is 113 cm³/mol.